The van der Waals surface area contributed by atoms with E-state index in [0.29, 0.717) is 17.5 Å². The van der Waals surface area contributed by atoms with Gasteiger partial charge in [0, 0.05) is 11.9 Å². The largest absolute Gasteiger partial charge is 0.508 e. The number of carbonyl (C=O) groups is 1. The zero-order valence-corrected chi connectivity index (χ0v) is 12.7. The SMILES string of the molecule is COC(=O)N(N=Cc1ccc(O)cc1)SC(Cl)(Cl)Cl. The molecule has 104 valence electrons. The minimum Gasteiger partial charge on any atom is -0.508 e. The Balaban J connectivity index is 2.82. The molecule has 0 aliphatic rings. The fourth-order valence-corrected chi connectivity index (χ4v) is 1.99. The molecule has 1 rings (SSSR count). The van der Waals surface area contributed by atoms with Crippen LogP contribution in [-0.4, -0.2) is 32.1 Å². The number of benzene rings is 1. The number of aromatic hydroxyl groups is 1. The third-order valence-electron chi connectivity index (χ3n) is 1.73. The second-order valence-corrected chi connectivity index (χ2v) is 7.21. The van der Waals surface area contributed by atoms with Crippen LogP contribution in [0.5, 0.6) is 5.75 Å². The van der Waals surface area contributed by atoms with E-state index in [0.717, 1.165) is 4.41 Å². The second-order valence-electron chi connectivity index (χ2n) is 3.12. The van der Waals surface area contributed by atoms with Crippen LogP contribution >= 0.6 is 46.8 Å². The molecule has 0 aromatic heterocycles. The predicted molar refractivity (Wildman–Crippen MR) is 77.8 cm³/mol. The summed E-state index contributed by atoms with van der Waals surface area (Å²) in [5.41, 5.74) is 0.650. The van der Waals surface area contributed by atoms with Crippen LogP contribution in [0.3, 0.4) is 0 Å². The Labute approximate surface area is 129 Å². The van der Waals surface area contributed by atoms with Crippen LogP contribution in [0.4, 0.5) is 4.79 Å². The molecule has 1 amide bonds. The molecule has 0 spiro atoms. The Kier molecular flexibility index (Phi) is 6.06. The number of phenolic OH excluding ortho intramolecular Hbond substituents is 1. The van der Waals surface area contributed by atoms with Gasteiger partial charge in [0.15, 0.2) is 0 Å². The summed E-state index contributed by atoms with van der Waals surface area (Å²) in [6, 6.07) is 6.17. The Morgan fingerprint density at radius 3 is 2.47 bits per heavy atom. The van der Waals surface area contributed by atoms with E-state index in [4.69, 9.17) is 39.9 Å². The van der Waals surface area contributed by atoms with Gasteiger partial charge in [-0.3, -0.25) is 0 Å². The highest BCUT2D eigenvalue weighted by molar-refractivity contribution is 8.03. The lowest BCUT2D eigenvalue weighted by Crippen LogP contribution is -2.22. The molecule has 19 heavy (non-hydrogen) atoms. The van der Waals surface area contributed by atoms with Crippen molar-refractivity contribution in [3.8, 4) is 5.75 Å². The first-order valence-electron chi connectivity index (χ1n) is 4.79. The molecule has 0 heterocycles. The maximum absolute atomic E-state index is 11.4. The third kappa shape index (κ3) is 6.24. The highest BCUT2D eigenvalue weighted by atomic mass is 35.6. The van der Waals surface area contributed by atoms with Crippen molar-refractivity contribution in [3.05, 3.63) is 29.8 Å². The summed E-state index contributed by atoms with van der Waals surface area (Å²) in [6.07, 6.45) is 0.575. The first kappa shape index (κ1) is 16.2. The van der Waals surface area contributed by atoms with E-state index in [2.05, 4.69) is 9.84 Å². The van der Waals surface area contributed by atoms with Crippen LogP contribution in [0.1, 0.15) is 5.56 Å². The van der Waals surface area contributed by atoms with Crippen LogP contribution in [0, 0.1) is 0 Å². The minimum atomic E-state index is -1.75. The second kappa shape index (κ2) is 7.09. The molecule has 0 radical (unpaired) electrons. The third-order valence-corrected chi connectivity index (χ3v) is 2.97. The average Bonchev–Trinajstić information content (AvgIpc) is 2.34. The van der Waals surface area contributed by atoms with Gasteiger partial charge in [0.25, 0.3) is 3.12 Å². The maximum atomic E-state index is 11.4. The summed E-state index contributed by atoms with van der Waals surface area (Å²) in [5.74, 6) is 0.123. The summed E-state index contributed by atoms with van der Waals surface area (Å²) in [6.45, 7) is 0. The molecule has 0 unspecified atom stereocenters. The van der Waals surface area contributed by atoms with E-state index < -0.39 is 9.22 Å². The van der Waals surface area contributed by atoms with Gasteiger partial charge in [-0.1, -0.05) is 34.8 Å². The first-order chi connectivity index (χ1) is 8.81. The lowest BCUT2D eigenvalue weighted by Gasteiger charge is -2.18. The zero-order valence-electron chi connectivity index (χ0n) is 9.59. The number of ether oxygens (including phenoxy) is 1. The average molecular weight is 344 g/mol. The van der Waals surface area contributed by atoms with Crippen molar-refractivity contribution in [1.82, 2.24) is 4.41 Å². The predicted octanol–water partition coefficient (Wildman–Crippen LogP) is 3.77. The van der Waals surface area contributed by atoms with Crippen molar-refractivity contribution in [2.75, 3.05) is 7.11 Å². The molecule has 0 saturated carbocycles. The number of methoxy groups -OCH3 is 1. The van der Waals surface area contributed by atoms with E-state index in [-0.39, 0.29) is 5.75 Å². The fourth-order valence-electron chi connectivity index (χ4n) is 0.964. The number of rotatable bonds is 3. The molecule has 0 bridgehead atoms. The van der Waals surface area contributed by atoms with Crippen LogP contribution in [0.2, 0.25) is 0 Å². The zero-order chi connectivity index (χ0) is 14.5. The summed E-state index contributed by atoms with van der Waals surface area (Å²) >= 11 is 17.3. The monoisotopic (exact) mass is 342 g/mol. The van der Waals surface area contributed by atoms with Crippen molar-refractivity contribution in [2.45, 2.75) is 3.12 Å². The van der Waals surface area contributed by atoms with E-state index in [1.807, 2.05) is 0 Å². The van der Waals surface area contributed by atoms with Crippen molar-refractivity contribution >= 4 is 59.1 Å². The molecule has 0 aliphatic carbocycles. The number of alkyl halides is 3. The van der Waals surface area contributed by atoms with E-state index in [1.165, 1.54) is 25.5 Å². The van der Waals surface area contributed by atoms with Gasteiger partial charge in [-0.2, -0.15) is 5.10 Å². The first-order valence-corrected chi connectivity index (χ1v) is 6.69. The Morgan fingerprint density at radius 1 is 1.42 bits per heavy atom. The van der Waals surface area contributed by atoms with Gasteiger partial charge < -0.3 is 9.84 Å². The van der Waals surface area contributed by atoms with Gasteiger partial charge in [-0.05, 0) is 29.8 Å². The Hall–Kier alpha value is -0.820. The number of nitrogens with zero attached hydrogens (tertiary/aromatic N) is 2. The molecular formula is C10H9Cl3N2O3S. The van der Waals surface area contributed by atoms with Gasteiger partial charge in [-0.15, -0.1) is 4.41 Å². The Bertz CT molecular complexity index is 462. The molecule has 0 aliphatic heterocycles. The topological polar surface area (TPSA) is 62.1 Å². The summed E-state index contributed by atoms with van der Waals surface area (Å²) in [5, 5.41) is 13.0. The maximum Gasteiger partial charge on any atom is 0.440 e. The number of hydrogen-bond donors (Lipinski definition) is 1. The van der Waals surface area contributed by atoms with Gasteiger partial charge in [0.05, 0.1) is 13.3 Å². The van der Waals surface area contributed by atoms with Crippen LogP contribution in [0.25, 0.3) is 0 Å². The molecule has 1 N–H and O–H groups in total. The van der Waals surface area contributed by atoms with Gasteiger partial charge in [-0.25, -0.2) is 4.79 Å². The number of amides is 1. The molecule has 0 atom stereocenters. The summed E-state index contributed by atoms with van der Waals surface area (Å²) in [4.78, 5) is 11.4. The van der Waals surface area contributed by atoms with Crippen molar-refractivity contribution in [3.63, 3.8) is 0 Å². The van der Waals surface area contributed by atoms with E-state index >= 15 is 0 Å². The van der Waals surface area contributed by atoms with Crippen molar-refractivity contribution in [2.24, 2.45) is 5.10 Å². The van der Waals surface area contributed by atoms with E-state index in [1.54, 1.807) is 12.1 Å². The van der Waals surface area contributed by atoms with Crippen LogP contribution < -0.4 is 0 Å². The molecule has 1 aromatic rings. The fraction of sp³-hybridized carbons (Fsp3) is 0.200. The molecular weight excluding hydrogens is 335 g/mol. The summed E-state index contributed by atoms with van der Waals surface area (Å²) in [7, 11) is 1.18. The number of halogens is 3. The normalized spacial score (nSPS) is 11.6. The quantitative estimate of drug-likeness (QED) is 0.393. The molecule has 5 nitrogen and oxygen atoms in total. The van der Waals surface area contributed by atoms with Crippen molar-refractivity contribution in [1.29, 1.82) is 0 Å². The van der Waals surface area contributed by atoms with Gasteiger partial charge >= 0.3 is 6.09 Å². The lowest BCUT2D eigenvalue weighted by atomic mass is 10.2. The number of carbonyl (C=O) groups excluding carboxylic acids is 1. The lowest BCUT2D eigenvalue weighted by molar-refractivity contribution is 0.153. The molecule has 0 saturated heterocycles. The summed E-state index contributed by atoms with van der Waals surface area (Å²) < 4.78 is 3.56. The highest BCUT2D eigenvalue weighted by Crippen LogP contribution is 2.41. The number of hydrazone groups is 1. The molecule has 0 fully saturated rings. The molecule has 1 aromatic carbocycles. The highest BCUT2D eigenvalue weighted by Gasteiger charge is 2.29. The van der Waals surface area contributed by atoms with Crippen LogP contribution in [-0.2, 0) is 4.74 Å². The van der Waals surface area contributed by atoms with Gasteiger partial charge in [0.2, 0.25) is 0 Å². The minimum absolute atomic E-state index is 0.123. The molecule has 9 heteroatoms. The van der Waals surface area contributed by atoms with Crippen molar-refractivity contribution < 1.29 is 14.6 Å². The standard InChI is InChI=1S/C10H9Cl3N2O3S/c1-18-9(17)15(19-10(11,12)13)14-6-7-2-4-8(16)5-3-7/h2-6,16H,1H3. The number of hydrogen-bond acceptors (Lipinski definition) is 5. The van der Waals surface area contributed by atoms with Crippen LogP contribution in [0.15, 0.2) is 29.4 Å². The smallest absolute Gasteiger partial charge is 0.440 e. The van der Waals surface area contributed by atoms with Gasteiger partial charge in [0.1, 0.15) is 5.75 Å². The number of phenols is 1. The van der Waals surface area contributed by atoms with E-state index in [9.17, 15) is 4.79 Å². The Morgan fingerprint density at radius 2 is 2.00 bits per heavy atom.